The van der Waals surface area contributed by atoms with Crippen molar-refractivity contribution in [1.29, 1.82) is 0 Å². The molecule has 11 heavy (non-hydrogen) atoms. The maximum Gasteiger partial charge on any atom is 0.0955 e. The van der Waals surface area contributed by atoms with Crippen LogP contribution in [0.15, 0.2) is 23.6 Å². The Balaban J connectivity index is 2.48. The minimum atomic E-state index is -0.739. The first-order chi connectivity index (χ1) is 5.33. The van der Waals surface area contributed by atoms with Crippen molar-refractivity contribution in [1.82, 2.24) is 0 Å². The van der Waals surface area contributed by atoms with Gasteiger partial charge in [-0.15, -0.1) is 11.3 Å². The third-order valence-corrected chi connectivity index (χ3v) is 2.05. The second-order valence-corrected chi connectivity index (χ2v) is 3.10. The van der Waals surface area contributed by atoms with Crippen LogP contribution in [0.3, 0.4) is 0 Å². The lowest BCUT2D eigenvalue weighted by Gasteiger charge is -1.96. The van der Waals surface area contributed by atoms with Gasteiger partial charge in [-0.1, -0.05) is 12.1 Å². The Labute approximate surface area is 69.4 Å². The molecule has 1 rings (SSSR count). The minimum absolute atomic E-state index is 0.220. The maximum atomic E-state index is 8.92. The number of hydrogen-bond acceptors (Lipinski definition) is 3. The van der Waals surface area contributed by atoms with Crippen LogP contribution in [0, 0.1) is 0 Å². The molecule has 1 aromatic heterocycles. The Bertz CT molecular complexity index is 216. The van der Waals surface area contributed by atoms with Crippen molar-refractivity contribution in [2.24, 2.45) is 0 Å². The molecular formula is C8H10O2S. The van der Waals surface area contributed by atoms with Gasteiger partial charge >= 0.3 is 0 Å². The minimum Gasteiger partial charge on any atom is -0.393 e. The molecule has 0 fully saturated rings. The number of thiophene rings is 1. The molecule has 0 saturated carbocycles. The molecule has 1 atom stereocenters. The Hall–Kier alpha value is -0.640. The predicted octanol–water partition coefficient (Wildman–Crippen LogP) is 1.11. The number of hydrogen-bond donors (Lipinski definition) is 2. The molecule has 0 aliphatic carbocycles. The van der Waals surface area contributed by atoms with Gasteiger partial charge in [-0.25, -0.2) is 0 Å². The van der Waals surface area contributed by atoms with Crippen molar-refractivity contribution in [2.75, 3.05) is 6.61 Å². The van der Waals surface area contributed by atoms with E-state index < -0.39 is 6.10 Å². The van der Waals surface area contributed by atoms with E-state index in [2.05, 4.69) is 0 Å². The lowest BCUT2D eigenvalue weighted by atomic mass is 10.3. The van der Waals surface area contributed by atoms with Crippen LogP contribution in [0.2, 0.25) is 0 Å². The van der Waals surface area contributed by atoms with Crippen LogP contribution in [0.1, 0.15) is 4.88 Å². The average molecular weight is 170 g/mol. The summed E-state index contributed by atoms with van der Waals surface area (Å²) < 4.78 is 0. The summed E-state index contributed by atoms with van der Waals surface area (Å²) in [6.07, 6.45) is 2.63. The monoisotopic (exact) mass is 170 g/mol. The molecule has 0 aliphatic rings. The van der Waals surface area contributed by atoms with E-state index in [0.29, 0.717) is 0 Å². The molecule has 0 amide bonds. The normalized spacial score (nSPS) is 14.0. The van der Waals surface area contributed by atoms with E-state index in [1.54, 1.807) is 23.5 Å². The summed E-state index contributed by atoms with van der Waals surface area (Å²) in [6.45, 7) is -0.220. The van der Waals surface area contributed by atoms with Gasteiger partial charge < -0.3 is 10.2 Å². The summed E-state index contributed by atoms with van der Waals surface area (Å²) in [5.74, 6) is 0. The van der Waals surface area contributed by atoms with Gasteiger partial charge in [0.15, 0.2) is 0 Å². The lowest BCUT2D eigenvalue weighted by molar-refractivity contribution is 0.131. The quantitative estimate of drug-likeness (QED) is 0.713. The van der Waals surface area contributed by atoms with Gasteiger partial charge in [-0.05, 0) is 17.5 Å². The summed E-state index contributed by atoms with van der Waals surface area (Å²) in [4.78, 5) is 1.08. The van der Waals surface area contributed by atoms with Gasteiger partial charge in [0.25, 0.3) is 0 Å². The second kappa shape index (κ2) is 4.28. The van der Waals surface area contributed by atoms with Crippen LogP contribution < -0.4 is 0 Å². The van der Waals surface area contributed by atoms with Crippen LogP contribution in [-0.4, -0.2) is 22.9 Å². The van der Waals surface area contributed by atoms with Crippen LogP contribution >= 0.6 is 11.3 Å². The highest BCUT2D eigenvalue weighted by atomic mass is 32.1. The Kier molecular flexibility index (Phi) is 3.29. The van der Waals surface area contributed by atoms with Crippen molar-refractivity contribution in [3.05, 3.63) is 28.5 Å². The van der Waals surface area contributed by atoms with E-state index in [4.69, 9.17) is 10.2 Å². The van der Waals surface area contributed by atoms with Gasteiger partial charge in [0, 0.05) is 4.88 Å². The fourth-order valence-electron chi connectivity index (χ4n) is 0.653. The third-order valence-electron chi connectivity index (χ3n) is 1.21. The molecule has 1 aromatic rings. The SMILES string of the molecule is OC[C@@H](O)/C=C/c1cccs1. The molecule has 0 aromatic carbocycles. The maximum absolute atomic E-state index is 8.92. The molecule has 0 saturated heterocycles. The fraction of sp³-hybridized carbons (Fsp3) is 0.250. The van der Waals surface area contributed by atoms with Gasteiger partial charge in [0.1, 0.15) is 0 Å². The highest BCUT2D eigenvalue weighted by Gasteiger charge is 1.93. The average Bonchev–Trinajstić information content (AvgIpc) is 2.52. The van der Waals surface area contributed by atoms with E-state index >= 15 is 0 Å². The van der Waals surface area contributed by atoms with E-state index in [0.717, 1.165) is 4.88 Å². The van der Waals surface area contributed by atoms with Gasteiger partial charge in [0.2, 0.25) is 0 Å². The molecule has 0 unspecified atom stereocenters. The van der Waals surface area contributed by atoms with Crippen LogP contribution in [0.4, 0.5) is 0 Å². The molecule has 3 heteroatoms. The number of rotatable bonds is 3. The highest BCUT2D eigenvalue weighted by Crippen LogP contribution is 2.10. The molecule has 0 spiro atoms. The van der Waals surface area contributed by atoms with Crippen molar-refractivity contribution >= 4 is 17.4 Å². The van der Waals surface area contributed by atoms with E-state index in [1.165, 1.54) is 0 Å². The largest absolute Gasteiger partial charge is 0.393 e. The molecule has 0 bridgehead atoms. The summed E-state index contributed by atoms with van der Waals surface area (Å²) in [5, 5.41) is 19.4. The van der Waals surface area contributed by atoms with Crippen LogP contribution in [0.5, 0.6) is 0 Å². The van der Waals surface area contributed by atoms with Crippen molar-refractivity contribution in [3.8, 4) is 0 Å². The van der Waals surface area contributed by atoms with Crippen molar-refractivity contribution < 1.29 is 10.2 Å². The number of aliphatic hydroxyl groups excluding tert-OH is 2. The molecule has 60 valence electrons. The van der Waals surface area contributed by atoms with E-state index in [1.807, 2.05) is 17.5 Å². The van der Waals surface area contributed by atoms with Crippen molar-refractivity contribution in [2.45, 2.75) is 6.10 Å². The zero-order chi connectivity index (χ0) is 8.10. The third kappa shape index (κ3) is 2.84. The zero-order valence-electron chi connectivity index (χ0n) is 5.97. The molecule has 0 radical (unpaired) electrons. The first-order valence-corrected chi connectivity index (χ1v) is 4.21. The summed E-state index contributed by atoms with van der Waals surface area (Å²) >= 11 is 1.60. The summed E-state index contributed by atoms with van der Waals surface area (Å²) in [6, 6.07) is 3.89. The standard InChI is InChI=1S/C8H10O2S/c9-6-7(10)3-4-8-2-1-5-11-8/h1-5,7,9-10H,6H2/b4-3+/t7-/m0/s1. The van der Waals surface area contributed by atoms with E-state index in [9.17, 15) is 0 Å². The summed E-state index contributed by atoms with van der Waals surface area (Å²) in [5.41, 5.74) is 0. The Morgan fingerprint density at radius 2 is 2.45 bits per heavy atom. The van der Waals surface area contributed by atoms with Crippen LogP contribution in [0.25, 0.3) is 6.08 Å². The molecular weight excluding hydrogens is 160 g/mol. The smallest absolute Gasteiger partial charge is 0.0955 e. The Morgan fingerprint density at radius 3 is 3.00 bits per heavy atom. The highest BCUT2D eigenvalue weighted by molar-refractivity contribution is 7.10. The van der Waals surface area contributed by atoms with Gasteiger partial charge in [0.05, 0.1) is 12.7 Å². The van der Waals surface area contributed by atoms with Crippen molar-refractivity contribution in [3.63, 3.8) is 0 Å². The second-order valence-electron chi connectivity index (χ2n) is 2.12. The van der Waals surface area contributed by atoms with E-state index in [-0.39, 0.29) is 6.61 Å². The zero-order valence-corrected chi connectivity index (χ0v) is 6.79. The molecule has 1 heterocycles. The number of aliphatic hydroxyl groups is 2. The molecule has 0 aliphatic heterocycles. The van der Waals surface area contributed by atoms with Crippen LogP contribution in [-0.2, 0) is 0 Å². The first-order valence-electron chi connectivity index (χ1n) is 3.33. The predicted molar refractivity (Wildman–Crippen MR) is 46.4 cm³/mol. The molecule has 2 nitrogen and oxygen atoms in total. The fourth-order valence-corrected chi connectivity index (χ4v) is 1.28. The lowest BCUT2D eigenvalue weighted by Crippen LogP contribution is -2.06. The summed E-state index contributed by atoms with van der Waals surface area (Å²) in [7, 11) is 0. The van der Waals surface area contributed by atoms with Gasteiger partial charge in [-0.3, -0.25) is 0 Å². The van der Waals surface area contributed by atoms with Gasteiger partial charge in [-0.2, -0.15) is 0 Å². The first kappa shape index (κ1) is 8.46. The topological polar surface area (TPSA) is 40.5 Å². The Morgan fingerprint density at radius 1 is 1.64 bits per heavy atom. The molecule has 2 N–H and O–H groups in total.